The molecule has 0 aliphatic heterocycles. The molecular weight excluding hydrogens is 374 g/mol. The van der Waals surface area contributed by atoms with Crippen LogP contribution in [0, 0.1) is 6.57 Å². The van der Waals surface area contributed by atoms with E-state index in [2.05, 4.69) is 4.85 Å². The maximum absolute atomic E-state index is 13.3. The molecule has 0 fully saturated rings. The zero-order valence-electron chi connectivity index (χ0n) is 18.1. The number of fused-ring (bicyclic) bond motifs is 1. The first kappa shape index (κ1) is 22.2. The average Bonchev–Trinajstić information content (AvgIpc) is 2.82. The first-order valence-corrected chi connectivity index (χ1v) is 9.21. The van der Waals surface area contributed by atoms with Gasteiger partial charge in [-0.05, 0) is 67.5 Å². The van der Waals surface area contributed by atoms with Gasteiger partial charge in [-0.1, -0.05) is 6.07 Å². The van der Waals surface area contributed by atoms with Crippen molar-refractivity contribution in [2.45, 2.75) is 72.1 Å². The van der Waals surface area contributed by atoms with Gasteiger partial charge >= 0.3 is 17.8 Å². The largest absolute Gasteiger partial charge is 0.458 e. The molecule has 0 spiro atoms. The molecule has 0 aliphatic rings. The number of aromatic nitrogens is 2. The molecule has 1 heterocycles. The van der Waals surface area contributed by atoms with Crippen LogP contribution in [0.15, 0.2) is 23.0 Å². The van der Waals surface area contributed by atoms with Crippen LogP contribution in [0.4, 0.5) is 10.5 Å². The van der Waals surface area contributed by atoms with E-state index in [0.29, 0.717) is 0 Å². The Labute approximate surface area is 169 Å². The summed E-state index contributed by atoms with van der Waals surface area (Å²) in [7, 11) is 0. The highest BCUT2D eigenvalue weighted by Gasteiger charge is 2.39. The van der Waals surface area contributed by atoms with Crippen molar-refractivity contribution in [3.63, 3.8) is 0 Å². The first-order chi connectivity index (χ1) is 13.1. The number of hydrogen-bond donors (Lipinski definition) is 0. The lowest BCUT2D eigenvalue weighted by Gasteiger charge is -2.29. The van der Waals surface area contributed by atoms with Crippen molar-refractivity contribution >= 4 is 28.8 Å². The molecule has 0 bridgehead atoms. The highest BCUT2D eigenvalue weighted by Crippen LogP contribution is 2.28. The van der Waals surface area contributed by atoms with Crippen LogP contribution in [0.2, 0.25) is 0 Å². The molecule has 0 unspecified atom stereocenters. The fraction of sp³-hybridized carbons (Fsp3) is 0.524. The highest BCUT2D eigenvalue weighted by atomic mass is 16.6. The van der Waals surface area contributed by atoms with E-state index in [9.17, 15) is 14.4 Å². The summed E-state index contributed by atoms with van der Waals surface area (Å²) >= 11 is 0. The van der Waals surface area contributed by atoms with Crippen LogP contribution < -0.4 is 5.69 Å². The smallest absolute Gasteiger partial charge is 0.423 e. The molecule has 1 aromatic heterocycles. The van der Waals surface area contributed by atoms with Crippen molar-refractivity contribution < 1.29 is 19.1 Å². The Morgan fingerprint density at radius 2 is 1.48 bits per heavy atom. The topological polar surface area (TPSA) is 83.9 Å². The molecule has 2 rings (SSSR count). The van der Waals surface area contributed by atoms with Crippen LogP contribution >= 0.6 is 0 Å². The molecule has 0 atom stereocenters. The molecule has 2 aromatic rings. The lowest BCUT2D eigenvalue weighted by atomic mass is 10.0. The van der Waals surface area contributed by atoms with Crippen molar-refractivity contribution in [1.82, 2.24) is 9.13 Å². The molecule has 156 valence electrons. The number of ether oxygens (including phenoxy) is 2. The lowest BCUT2D eigenvalue weighted by molar-refractivity contribution is -0.164. The Balaban J connectivity index is 2.80. The number of benzene rings is 1. The molecule has 8 heteroatoms. The average molecular weight is 401 g/mol. The Hall–Kier alpha value is -3.08. The molecular formula is C21H27N3O5. The second-order valence-electron chi connectivity index (χ2n) is 9.28. The minimum atomic E-state index is -1.43. The first-order valence-electron chi connectivity index (χ1n) is 9.21. The summed E-state index contributed by atoms with van der Waals surface area (Å²) in [6.45, 7) is 20.6. The van der Waals surface area contributed by atoms with E-state index >= 15 is 0 Å². The number of carbonyl (C=O) groups excluding carboxylic acids is 2. The number of rotatable bonds is 2. The van der Waals surface area contributed by atoms with Gasteiger partial charge in [-0.2, -0.15) is 4.57 Å². The van der Waals surface area contributed by atoms with Crippen molar-refractivity contribution in [2.75, 3.05) is 0 Å². The summed E-state index contributed by atoms with van der Waals surface area (Å²) in [4.78, 5) is 42.3. The second-order valence-corrected chi connectivity index (χ2v) is 9.28. The SMILES string of the molecule is [C-]#[N+]c1ccc2c(c1)n(C(C)(C)C(=O)OC(C)(C)C)c(=O)n2C(=O)OC(C)(C)C. The van der Waals surface area contributed by atoms with Crippen LogP contribution in [0.1, 0.15) is 55.4 Å². The normalized spacial score (nSPS) is 12.5. The zero-order chi connectivity index (χ0) is 22.4. The van der Waals surface area contributed by atoms with Crippen molar-refractivity contribution in [2.24, 2.45) is 0 Å². The Morgan fingerprint density at radius 1 is 0.931 bits per heavy atom. The third-order valence-corrected chi connectivity index (χ3v) is 3.99. The molecule has 0 N–H and O–H groups in total. The zero-order valence-corrected chi connectivity index (χ0v) is 18.1. The molecule has 29 heavy (non-hydrogen) atoms. The molecule has 0 radical (unpaired) electrons. The van der Waals surface area contributed by atoms with Gasteiger partial charge in [0.1, 0.15) is 16.7 Å². The third kappa shape index (κ3) is 4.50. The van der Waals surface area contributed by atoms with Gasteiger partial charge in [0.05, 0.1) is 17.6 Å². The number of carbonyl (C=O) groups is 2. The van der Waals surface area contributed by atoms with Crippen LogP contribution in [0.5, 0.6) is 0 Å². The van der Waals surface area contributed by atoms with Gasteiger partial charge in [-0.15, -0.1) is 0 Å². The summed E-state index contributed by atoms with van der Waals surface area (Å²) in [6, 6.07) is 4.47. The Kier molecular flexibility index (Phi) is 5.41. The maximum atomic E-state index is 13.3. The van der Waals surface area contributed by atoms with E-state index in [1.807, 2.05) is 0 Å². The summed E-state index contributed by atoms with van der Waals surface area (Å²) in [5, 5.41) is 0. The van der Waals surface area contributed by atoms with Crippen LogP contribution in [0.3, 0.4) is 0 Å². The predicted molar refractivity (Wildman–Crippen MR) is 109 cm³/mol. The number of esters is 1. The van der Waals surface area contributed by atoms with Gasteiger partial charge in [0.2, 0.25) is 0 Å². The number of imidazole rings is 1. The van der Waals surface area contributed by atoms with Gasteiger partial charge in [-0.25, -0.2) is 19.2 Å². The van der Waals surface area contributed by atoms with E-state index in [4.69, 9.17) is 16.0 Å². The summed E-state index contributed by atoms with van der Waals surface area (Å²) in [6.07, 6.45) is -0.859. The van der Waals surface area contributed by atoms with Crippen LogP contribution in [-0.2, 0) is 19.8 Å². The fourth-order valence-corrected chi connectivity index (χ4v) is 2.77. The maximum Gasteiger partial charge on any atom is 0.423 e. The van der Waals surface area contributed by atoms with Gasteiger partial charge in [-0.3, -0.25) is 4.57 Å². The molecule has 0 saturated heterocycles. The van der Waals surface area contributed by atoms with Crippen LogP contribution in [-0.4, -0.2) is 32.4 Å². The minimum Gasteiger partial charge on any atom is -0.458 e. The van der Waals surface area contributed by atoms with Crippen molar-refractivity contribution in [3.05, 3.63) is 40.1 Å². The molecule has 0 saturated carbocycles. The Morgan fingerprint density at radius 3 is 1.97 bits per heavy atom. The van der Waals surface area contributed by atoms with E-state index in [-0.39, 0.29) is 16.7 Å². The van der Waals surface area contributed by atoms with E-state index < -0.39 is 34.5 Å². The molecule has 0 aliphatic carbocycles. The monoisotopic (exact) mass is 401 g/mol. The van der Waals surface area contributed by atoms with Gasteiger partial charge < -0.3 is 9.47 Å². The summed E-state index contributed by atoms with van der Waals surface area (Å²) in [5.41, 5.74) is -2.97. The van der Waals surface area contributed by atoms with Crippen molar-refractivity contribution in [3.8, 4) is 0 Å². The second kappa shape index (κ2) is 7.07. The fourth-order valence-electron chi connectivity index (χ4n) is 2.77. The summed E-state index contributed by atoms with van der Waals surface area (Å²) in [5.74, 6) is -0.636. The molecule has 1 aromatic carbocycles. The van der Waals surface area contributed by atoms with E-state index in [1.54, 1.807) is 41.5 Å². The molecule has 0 amide bonds. The molecule has 8 nitrogen and oxygen atoms in total. The standard InChI is InChI=1S/C21H27N3O5/c1-19(2,3)28-16(25)21(7,8)24-15-12-13(22-9)10-11-14(15)23(17(24)26)18(27)29-20(4,5)6/h10-12H,1-8H3. The van der Waals surface area contributed by atoms with Gasteiger partial charge in [0.25, 0.3) is 0 Å². The van der Waals surface area contributed by atoms with Crippen molar-refractivity contribution in [1.29, 1.82) is 0 Å². The van der Waals surface area contributed by atoms with E-state index in [1.165, 1.54) is 36.6 Å². The highest BCUT2D eigenvalue weighted by molar-refractivity contribution is 5.91. The third-order valence-electron chi connectivity index (χ3n) is 3.99. The van der Waals surface area contributed by atoms with Gasteiger partial charge in [0.15, 0.2) is 5.69 Å². The minimum absolute atomic E-state index is 0.244. The number of hydrogen-bond acceptors (Lipinski definition) is 5. The lowest BCUT2D eigenvalue weighted by Crippen LogP contribution is -2.47. The number of nitrogens with zero attached hydrogens (tertiary/aromatic N) is 3. The van der Waals surface area contributed by atoms with E-state index in [0.717, 1.165) is 4.57 Å². The van der Waals surface area contributed by atoms with Crippen LogP contribution in [0.25, 0.3) is 15.9 Å². The predicted octanol–water partition coefficient (Wildman–Crippen LogP) is 4.21. The summed E-state index contributed by atoms with van der Waals surface area (Å²) < 4.78 is 12.9. The quantitative estimate of drug-likeness (QED) is 0.556. The Bertz CT molecular complexity index is 1070. The van der Waals surface area contributed by atoms with Gasteiger partial charge in [0, 0.05) is 0 Å².